The first-order valence-corrected chi connectivity index (χ1v) is 7.69. The number of hydrogen-bond acceptors (Lipinski definition) is 2. The largest absolute Gasteiger partial charge is 0.298 e. The van der Waals surface area contributed by atoms with Crippen LogP contribution in [0.3, 0.4) is 0 Å². The summed E-state index contributed by atoms with van der Waals surface area (Å²) in [5, 5.41) is 10.2. The molecule has 1 unspecified atom stereocenters. The normalized spacial score (nSPS) is 12.2. The zero-order chi connectivity index (χ0) is 15.1. The number of carbonyl (C=O) groups is 1. The molecule has 0 N–H and O–H groups in total. The van der Waals surface area contributed by atoms with E-state index in [1.807, 2.05) is 0 Å². The molecule has 0 heterocycles. The summed E-state index contributed by atoms with van der Waals surface area (Å²) in [5.74, 6) is -0.813. The van der Waals surface area contributed by atoms with E-state index in [2.05, 4.69) is 19.9 Å². The number of hydrogen-bond donors (Lipinski definition) is 0. The minimum Gasteiger partial charge on any atom is -0.298 e. The fourth-order valence-corrected chi connectivity index (χ4v) is 2.66. The summed E-state index contributed by atoms with van der Waals surface area (Å²) in [4.78, 5) is 12.6. The lowest BCUT2D eigenvalue weighted by Gasteiger charge is -2.18. The van der Waals surface area contributed by atoms with Crippen LogP contribution in [0.2, 0.25) is 10.0 Å². The molecule has 0 saturated heterocycles. The van der Waals surface area contributed by atoms with Gasteiger partial charge in [0.1, 0.15) is 5.92 Å². The Morgan fingerprint density at radius 3 is 2.25 bits per heavy atom. The fourth-order valence-electron chi connectivity index (χ4n) is 2.36. The molecule has 0 spiro atoms. The van der Waals surface area contributed by atoms with Crippen molar-refractivity contribution in [3.8, 4) is 6.07 Å². The van der Waals surface area contributed by atoms with Crippen molar-refractivity contribution in [1.29, 1.82) is 5.26 Å². The molecule has 2 nitrogen and oxygen atoms in total. The van der Waals surface area contributed by atoms with Crippen molar-refractivity contribution in [2.75, 3.05) is 0 Å². The number of nitrogens with zero attached hydrogens (tertiary/aromatic N) is 1. The number of benzene rings is 1. The summed E-state index contributed by atoms with van der Waals surface area (Å²) in [7, 11) is 0. The van der Waals surface area contributed by atoms with Crippen LogP contribution in [-0.4, -0.2) is 5.78 Å². The molecule has 1 aromatic carbocycles. The average molecular weight is 312 g/mol. The van der Waals surface area contributed by atoms with Crippen molar-refractivity contribution >= 4 is 29.0 Å². The molecule has 0 amide bonds. The Kier molecular flexibility index (Phi) is 7.05. The van der Waals surface area contributed by atoms with Crippen LogP contribution < -0.4 is 0 Å². The lowest BCUT2D eigenvalue weighted by Crippen LogP contribution is -2.21. The third-order valence-corrected chi connectivity index (χ3v) is 4.11. The van der Waals surface area contributed by atoms with Crippen molar-refractivity contribution < 1.29 is 4.79 Å². The van der Waals surface area contributed by atoms with E-state index in [1.54, 1.807) is 18.2 Å². The third-order valence-electron chi connectivity index (χ3n) is 3.37. The SMILES string of the molecule is CCCC(CCC)C(=O)C(C#N)c1ccc(Cl)c(Cl)c1. The predicted molar refractivity (Wildman–Crippen MR) is 83.1 cm³/mol. The van der Waals surface area contributed by atoms with Gasteiger partial charge >= 0.3 is 0 Å². The molecular formula is C16H19Cl2NO. The predicted octanol–water partition coefficient (Wildman–Crippen LogP) is 5.39. The average Bonchev–Trinajstić information content (AvgIpc) is 2.43. The number of carbonyl (C=O) groups excluding carboxylic acids is 1. The van der Waals surface area contributed by atoms with Crippen LogP contribution in [0.1, 0.15) is 51.0 Å². The van der Waals surface area contributed by atoms with Gasteiger partial charge in [-0.1, -0.05) is 56.0 Å². The zero-order valence-corrected chi connectivity index (χ0v) is 13.3. The van der Waals surface area contributed by atoms with Crippen LogP contribution in [0.5, 0.6) is 0 Å². The fraction of sp³-hybridized carbons (Fsp3) is 0.500. The highest BCUT2D eigenvalue weighted by Gasteiger charge is 2.27. The molecule has 0 aliphatic rings. The highest BCUT2D eigenvalue weighted by Crippen LogP contribution is 2.30. The van der Waals surface area contributed by atoms with E-state index < -0.39 is 5.92 Å². The minimum atomic E-state index is -0.757. The second kappa shape index (κ2) is 8.29. The van der Waals surface area contributed by atoms with E-state index in [-0.39, 0.29) is 11.7 Å². The standard InChI is InChI=1S/C16H19Cl2NO/c1-3-5-11(6-4-2)16(20)13(10-19)12-7-8-14(17)15(18)9-12/h7-9,11,13H,3-6H2,1-2H3. The van der Waals surface area contributed by atoms with Gasteiger partial charge in [0.2, 0.25) is 0 Å². The number of Topliss-reactive ketones (excluding diaryl/α,β-unsaturated/α-hetero) is 1. The molecule has 1 atom stereocenters. The maximum absolute atomic E-state index is 12.6. The quantitative estimate of drug-likeness (QED) is 0.677. The first-order valence-electron chi connectivity index (χ1n) is 6.93. The van der Waals surface area contributed by atoms with Crippen molar-refractivity contribution in [2.24, 2.45) is 5.92 Å². The molecule has 1 rings (SSSR count). The summed E-state index contributed by atoms with van der Waals surface area (Å²) in [6, 6.07) is 7.06. The highest BCUT2D eigenvalue weighted by molar-refractivity contribution is 6.42. The molecule has 0 bridgehead atoms. The van der Waals surface area contributed by atoms with Gasteiger partial charge in [0, 0.05) is 5.92 Å². The van der Waals surface area contributed by atoms with E-state index in [1.165, 1.54) is 0 Å². The Labute approximate surface area is 130 Å². The Hall–Kier alpha value is -1.04. The minimum absolute atomic E-state index is 0.00501. The van der Waals surface area contributed by atoms with Crippen molar-refractivity contribution in [3.05, 3.63) is 33.8 Å². The molecule has 1 aromatic rings. The van der Waals surface area contributed by atoms with Gasteiger partial charge in [-0.2, -0.15) is 5.26 Å². The number of ketones is 1. The topological polar surface area (TPSA) is 40.9 Å². The second-order valence-corrected chi connectivity index (χ2v) is 5.73. The van der Waals surface area contributed by atoms with Gasteiger partial charge in [-0.15, -0.1) is 0 Å². The molecule has 0 radical (unpaired) electrons. The summed E-state index contributed by atoms with van der Waals surface area (Å²) >= 11 is 11.8. The number of rotatable bonds is 7. The van der Waals surface area contributed by atoms with E-state index in [0.29, 0.717) is 15.6 Å². The molecular weight excluding hydrogens is 293 g/mol. The lowest BCUT2D eigenvalue weighted by molar-refractivity contribution is -0.123. The van der Waals surface area contributed by atoms with Crippen molar-refractivity contribution in [3.63, 3.8) is 0 Å². The first-order chi connectivity index (χ1) is 9.54. The molecule has 0 aliphatic carbocycles. The molecule has 4 heteroatoms. The van der Waals surface area contributed by atoms with Crippen molar-refractivity contribution in [1.82, 2.24) is 0 Å². The summed E-state index contributed by atoms with van der Waals surface area (Å²) in [6.07, 6.45) is 3.53. The van der Waals surface area contributed by atoms with Gasteiger partial charge in [0.05, 0.1) is 16.1 Å². The van der Waals surface area contributed by atoms with Crippen molar-refractivity contribution in [2.45, 2.75) is 45.4 Å². The van der Waals surface area contributed by atoms with Gasteiger partial charge < -0.3 is 0 Å². The highest BCUT2D eigenvalue weighted by atomic mass is 35.5. The van der Waals surface area contributed by atoms with Gasteiger partial charge in [0.15, 0.2) is 5.78 Å². The third kappa shape index (κ3) is 4.23. The summed E-state index contributed by atoms with van der Waals surface area (Å²) < 4.78 is 0. The van der Waals surface area contributed by atoms with E-state index in [4.69, 9.17) is 23.2 Å². The lowest BCUT2D eigenvalue weighted by atomic mass is 9.84. The number of halogens is 2. The van der Waals surface area contributed by atoms with Crippen LogP contribution >= 0.6 is 23.2 Å². The van der Waals surface area contributed by atoms with Crippen LogP contribution in [0, 0.1) is 17.2 Å². The van der Waals surface area contributed by atoms with E-state index in [0.717, 1.165) is 25.7 Å². The monoisotopic (exact) mass is 311 g/mol. The molecule has 0 aromatic heterocycles. The van der Waals surface area contributed by atoms with Crippen LogP contribution in [-0.2, 0) is 4.79 Å². The Bertz CT molecular complexity index is 502. The van der Waals surface area contributed by atoms with E-state index >= 15 is 0 Å². The zero-order valence-electron chi connectivity index (χ0n) is 11.8. The molecule has 0 saturated carbocycles. The first kappa shape index (κ1) is 17.0. The molecule has 108 valence electrons. The second-order valence-electron chi connectivity index (χ2n) is 4.91. The van der Waals surface area contributed by atoms with Gasteiger partial charge in [-0.25, -0.2) is 0 Å². The molecule has 0 aliphatic heterocycles. The van der Waals surface area contributed by atoms with Crippen LogP contribution in [0.4, 0.5) is 0 Å². The number of nitriles is 1. The summed E-state index contributed by atoms with van der Waals surface area (Å²) in [6.45, 7) is 4.10. The summed E-state index contributed by atoms with van der Waals surface area (Å²) in [5.41, 5.74) is 0.629. The van der Waals surface area contributed by atoms with Gasteiger partial charge in [-0.05, 0) is 30.5 Å². The van der Waals surface area contributed by atoms with Crippen LogP contribution in [0.25, 0.3) is 0 Å². The molecule has 0 fully saturated rings. The van der Waals surface area contributed by atoms with Gasteiger partial charge in [-0.3, -0.25) is 4.79 Å². The Balaban J connectivity index is 3.02. The van der Waals surface area contributed by atoms with Gasteiger partial charge in [0.25, 0.3) is 0 Å². The maximum Gasteiger partial charge on any atom is 0.157 e. The maximum atomic E-state index is 12.6. The van der Waals surface area contributed by atoms with Crippen LogP contribution in [0.15, 0.2) is 18.2 Å². The van der Waals surface area contributed by atoms with E-state index in [9.17, 15) is 10.1 Å². The molecule has 20 heavy (non-hydrogen) atoms. The smallest absolute Gasteiger partial charge is 0.157 e. The Morgan fingerprint density at radius 1 is 1.20 bits per heavy atom. The Morgan fingerprint density at radius 2 is 1.80 bits per heavy atom.